The van der Waals surface area contributed by atoms with E-state index >= 15 is 0 Å². The quantitative estimate of drug-likeness (QED) is 0.825. The number of carbonyl (C=O) groups excluding carboxylic acids is 1. The minimum atomic E-state index is -0.223. The van der Waals surface area contributed by atoms with Crippen LogP contribution in [0, 0.1) is 0 Å². The Kier molecular flexibility index (Phi) is 3.79. The second-order valence-corrected chi connectivity index (χ2v) is 5.64. The molecular weight excluding hydrogens is 282 g/mol. The standard InChI is InChI=1S/C15H19N5O2/c1-18-10-11(9-16-18)13-5-3-4-8-20(13)15(22)12-6-7-14(21)19(2)17-12/h6-7,9-10,13H,3-5,8H2,1-2H3. The van der Waals surface area contributed by atoms with Crippen LogP contribution in [0.25, 0.3) is 0 Å². The summed E-state index contributed by atoms with van der Waals surface area (Å²) in [6, 6.07) is 2.90. The lowest BCUT2D eigenvalue weighted by Gasteiger charge is -2.35. The average Bonchev–Trinajstić information content (AvgIpc) is 2.96. The van der Waals surface area contributed by atoms with E-state index < -0.39 is 0 Å². The van der Waals surface area contributed by atoms with Crippen LogP contribution < -0.4 is 5.56 Å². The molecule has 22 heavy (non-hydrogen) atoms. The Morgan fingerprint density at radius 1 is 1.27 bits per heavy atom. The van der Waals surface area contributed by atoms with Crippen LogP contribution in [0.15, 0.2) is 29.3 Å². The van der Waals surface area contributed by atoms with Gasteiger partial charge in [-0.2, -0.15) is 10.2 Å². The fourth-order valence-electron chi connectivity index (χ4n) is 2.90. The Hall–Kier alpha value is -2.44. The highest BCUT2D eigenvalue weighted by molar-refractivity contribution is 5.92. The predicted molar refractivity (Wildman–Crippen MR) is 80.3 cm³/mol. The Balaban J connectivity index is 1.91. The molecule has 1 aliphatic rings. The van der Waals surface area contributed by atoms with Crippen LogP contribution in [0.3, 0.4) is 0 Å². The van der Waals surface area contributed by atoms with Gasteiger partial charge in [-0.15, -0.1) is 0 Å². The van der Waals surface area contributed by atoms with Crippen LogP contribution in [0.1, 0.15) is 41.4 Å². The zero-order valence-corrected chi connectivity index (χ0v) is 12.8. The van der Waals surface area contributed by atoms with Gasteiger partial charge in [-0.25, -0.2) is 4.68 Å². The van der Waals surface area contributed by atoms with Gasteiger partial charge in [0.25, 0.3) is 11.5 Å². The molecule has 7 nitrogen and oxygen atoms in total. The lowest BCUT2D eigenvalue weighted by molar-refractivity contribution is 0.0602. The highest BCUT2D eigenvalue weighted by Crippen LogP contribution is 2.31. The first-order valence-corrected chi connectivity index (χ1v) is 7.40. The van der Waals surface area contributed by atoms with Gasteiger partial charge in [0.15, 0.2) is 0 Å². The van der Waals surface area contributed by atoms with Crippen molar-refractivity contribution in [2.24, 2.45) is 14.1 Å². The number of likely N-dealkylation sites (tertiary alicyclic amines) is 1. The molecule has 0 bridgehead atoms. The molecule has 3 heterocycles. The number of aromatic nitrogens is 4. The maximum Gasteiger partial charge on any atom is 0.274 e. The minimum absolute atomic E-state index is 0.0222. The molecule has 0 radical (unpaired) electrons. The molecule has 1 unspecified atom stereocenters. The van der Waals surface area contributed by atoms with Gasteiger partial charge in [0.05, 0.1) is 12.2 Å². The van der Waals surface area contributed by atoms with Crippen molar-refractivity contribution in [3.8, 4) is 0 Å². The number of hydrogen-bond acceptors (Lipinski definition) is 4. The third-order valence-corrected chi connectivity index (χ3v) is 4.05. The summed E-state index contributed by atoms with van der Waals surface area (Å²) in [5, 5.41) is 8.27. The smallest absolute Gasteiger partial charge is 0.274 e. The van der Waals surface area contributed by atoms with Crippen LogP contribution in [0.2, 0.25) is 0 Å². The first-order chi connectivity index (χ1) is 10.6. The number of carbonyl (C=O) groups is 1. The van der Waals surface area contributed by atoms with Crippen molar-refractivity contribution in [3.63, 3.8) is 0 Å². The molecule has 0 saturated carbocycles. The molecule has 0 aliphatic carbocycles. The maximum absolute atomic E-state index is 12.8. The summed E-state index contributed by atoms with van der Waals surface area (Å²) in [5.74, 6) is -0.135. The van der Waals surface area contributed by atoms with E-state index in [1.807, 2.05) is 24.3 Å². The molecule has 0 spiro atoms. The summed E-state index contributed by atoms with van der Waals surface area (Å²) in [6.45, 7) is 0.697. The topological polar surface area (TPSA) is 73.0 Å². The summed E-state index contributed by atoms with van der Waals surface area (Å²) in [7, 11) is 3.42. The van der Waals surface area contributed by atoms with Gasteiger partial charge in [0.1, 0.15) is 5.69 Å². The first-order valence-electron chi connectivity index (χ1n) is 7.40. The molecule has 1 amide bonds. The van der Waals surface area contributed by atoms with Gasteiger partial charge in [-0.05, 0) is 25.3 Å². The fourth-order valence-corrected chi connectivity index (χ4v) is 2.90. The lowest BCUT2D eigenvalue weighted by Crippen LogP contribution is -2.39. The van der Waals surface area contributed by atoms with Crippen molar-refractivity contribution in [2.45, 2.75) is 25.3 Å². The number of rotatable bonds is 2. The molecule has 1 aliphatic heterocycles. The van der Waals surface area contributed by atoms with E-state index in [4.69, 9.17) is 0 Å². The third-order valence-electron chi connectivity index (χ3n) is 4.05. The normalized spacial score (nSPS) is 18.5. The molecule has 3 rings (SSSR count). The van der Waals surface area contributed by atoms with Crippen molar-refractivity contribution < 1.29 is 4.79 Å². The van der Waals surface area contributed by atoms with E-state index in [0.717, 1.165) is 24.8 Å². The van der Waals surface area contributed by atoms with E-state index in [2.05, 4.69) is 10.2 Å². The second kappa shape index (κ2) is 5.75. The maximum atomic E-state index is 12.8. The average molecular weight is 301 g/mol. The van der Waals surface area contributed by atoms with Gasteiger partial charge in [-0.3, -0.25) is 14.3 Å². The number of amides is 1. The van der Waals surface area contributed by atoms with Gasteiger partial charge in [-0.1, -0.05) is 0 Å². The highest BCUT2D eigenvalue weighted by Gasteiger charge is 2.30. The van der Waals surface area contributed by atoms with Crippen LogP contribution in [0.4, 0.5) is 0 Å². The van der Waals surface area contributed by atoms with Gasteiger partial charge in [0, 0.05) is 38.5 Å². The Labute approximate surface area is 128 Å². The van der Waals surface area contributed by atoms with Crippen molar-refractivity contribution >= 4 is 5.91 Å². The van der Waals surface area contributed by atoms with Crippen LogP contribution >= 0.6 is 0 Å². The number of hydrogen-bond donors (Lipinski definition) is 0. The van der Waals surface area contributed by atoms with Gasteiger partial charge >= 0.3 is 0 Å². The lowest BCUT2D eigenvalue weighted by atomic mass is 9.97. The Morgan fingerprint density at radius 3 is 2.77 bits per heavy atom. The number of piperidine rings is 1. The minimum Gasteiger partial charge on any atom is -0.330 e. The molecule has 0 N–H and O–H groups in total. The van der Waals surface area contributed by atoms with Crippen molar-refractivity contribution in [1.82, 2.24) is 24.5 Å². The number of nitrogens with zero attached hydrogens (tertiary/aromatic N) is 5. The van der Waals surface area contributed by atoms with E-state index in [0.29, 0.717) is 12.2 Å². The summed E-state index contributed by atoms with van der Waals surface area (Å²) in [5.41, 5.74) is 1.12. The highest BCUT2D eigenvalue weighted by atomic mass is 16.2. The summed E-state index contributed by atoms with van der Waals surface area (Å²) in [6.07, 6.45) is 6.75. The molecule has 2 aromatic rings. The molecule has 0 aromatic carbocycles. The number of aryl methyl sites for hydroxylation is 2. The largest absolute Gasteiger partial charge is 0.330 e. The Bertz CT molecular complexity index is 748. The Morgan fingerprint density at radius 2 is 2.09 bits per heavy atom. The monoisotopic (exact) mass is 301 g/mol. The summed E-state index contributed by atoms with van der Waals surface area (Å²) < 4.78 is 2.94. The van der Waals surface area contributed by atoms with Gasteiger partial charge < -0.3 is 4.90 Å². The van der Waals surface area contributed by atoms with Crippen LogP contribution in [-0.2, 0) is 14.1 Å². The van der Waals surface area contributed by atoms with E-state index in [-0.39, 0.29) is 17.5 Å². The molecule has 1 fully saturated rings. The molecule has 1 saturated heterocycles. The summed E-state index contributed by atoms with van der Waals surface area (Å²) >= 11 is 0. The predicted octanol–water partition coefficient (Wildman–Crippen LogP) is 0.881. The fraction of sp³-hybridized carbons (Fsp3) is 0.467. The van der Waals surface area contributed by atoms with Crippen LogP contribution in [0.5, 0.6) is 0 Å². The van der Waals surface area contributed by atoms with Crippen molar-refractivity contribution in [2.75, 3.05) is 6.54 Å². The van der Waals surface area contributed by atoms with Crippen LogP contribution in [-0.4, -0.2) is 36.9 Å². The molecule has 1 atom stereocenters. The molecule has 2 aromatic heterocycles. The molecule has 7 heteroatoms. The first kappa shape index (κ1) is 14.5. The molecular formula is C15H19N5O2. The van der Waals surface area contributed by atoms with Crippen molar-refractivity contribution in [1.29, 1.82) is 0 Å². The third kappa shape index (κ3) is 2.66. The van der Waals surface area contributed by atoms with Crippen molar-refractivity contribution in [3.05, 3.63) is 46.1 Å². The van der Waals surface area contributed by atoms with E-state index in [1.165, 1.54) is 16.8 Å². The zero-order valence-electron chi connectivity index (χ0n) is 12.8. The van der Waals surface area contributed by atoms with E-state index in [1.54, 1.807) is 11.7 Å². The molecule has 116 valence electrons. The van der Waals surface area contributed by atoms with E-state index in [9.17, 15) is 9.59 Å². The zero-order chi connectivity index (χ0) is 15.7. The van der Waals surface area contributed by atoms with Gasteiger partial charge in [0.2, 0.25) is 0 Å². The second-order valence-electron chi connectivity index (χ2n) is 5.64. The SMILES string of the molecule is Cn1cc(C2CCCCN2C(=O)c2ccc(=O)n(C)n2)cn1. The summed E-state index contributed by atoms with van der Waals surface area (Å²) in [4.78, 5) is 26.0.